The molecule has 92 valence electrons. The molecular formula is C15H15NO2. The number of benzene rings is 1. The molecule has 3 nitrogen and oxygen atoms in total. The van der Waals surface area contributed by atoms with Crippen LogP contribution in [0.3, 0.4) is 0 Å². The molecule has 0 spiro atoms. The Hall–Kier alpha value is -2.29. The second-order valence-electron chi connectivity index (χ2n) is 3.97. The highest BCUT2D eigenvalue weighted by molar-refractivity contribution is 5.69. The molecule has 0 unspecified atom stereocenters. The lowest BCUT2D eigenvalue weighted by Crippen LogP contribution is -1.85. The summed E-state index contributed by atoms with van der Waals surface area (Å²) in [5, 5.41) is 9.50. The zero-order valence-corrected chi connectivity index (χ0v) is 10.4. The van der Waals surface area contributed by atoms with Crippen molar-refractivity contribution >= 4 is 12.2 Å². The van der Waals surface area contributed by atoms with Gasteiger partial charge in [0.1, 0.15) is 0 Å². The number of phenols is 1. The van der Waals surface area contributed by atoms with Gasteiger partial charge in [-0.2, -0.15) is 0 Å². The van der Waals surface area contributed by atoms with Crippen LogP contribution < -0.4 is 4.74 Å². The number of nitrogens with zero attached hydrogens (tertiary/aromatic N) is 1. The van der Waals surface area contributed by atoms with Crippen LogP contribution in [0.25, 0.3) is 12.2 Å². The molecule has 1 aromatic heterocycles. The van der Waals surface area contributed by atoms with Crippen molar-refractivity contribution in [3.63, 3.8) is 0 Å². The van der Waals surface area contributed by atoms with Crippen LogP contribution in [0.15, 0.2) is 36.4 Å². The van der Waals surface area contributed by atoms with Crippen molar-refractivity contribution in [1.29, 1.82) is 0 Å². The van der Waals surface area contributed by atoms with Crippen LogP contribution in [-0.4, -0.2) is 17.2 Å². The van der Waals surface area contributed by atoms with Gasteiger partial charge in [-0.05, 0) is 42.8 Å². The van der Waals surface area contributed by atoms with Crippen LogP contribution in [0.2, 0.25) is 0 Å². The van der Waals surface area contributed by atoms with Gasteiger partial charge in [0.2, 0.25) is 0 Å². The number of aromatic nitrogens is 1. The first-order valence-corrected chi connectivity index (χ1v) is 5.68. The maximum atomic E-state index is 9.50. The lowest BCUT2D eigenvalue weighted by Gasteiger charge is -2.03. The van der Waals surface area contributed by atoms with Crippen LogP contribution in [0.4, 0.5) is 0 Å². The molecule has 0 radical (unpaired) electrons. The molecule has 2 aromatic rings. The molecule has 2 rings (SSSR count). The van der Waals surface area contributed by atoms with E-state index in [9.17, 15) is 5.11 Å². The number of ether oxygens (including phenoxy) is 1. The van der Waals surface area contributed by atoms with Crippen LogP contribution in [0.1, 0.15) is 17.0 Å². The van der Waals surface area contributed by atoms with Crippen molar-refractivity contribution in [1.82, 2.24) is 4.98 Å². The third-order valence-electron chi connectivity index (χ3n) is 2.56. The van der Waals surface area contributed by atoms with Gasteiger partial charge in [-0.25, -0.2) is 0 Å². The summed E-state index contributed by atoms with van der Waals surface area (Å²) >= 11 is 0. The lowest BCUT2D eigenvalue weighted by molar-refractivity contribution is 0.373. The van der Waals surface area contributed by atoms with Gasteiger partial charge in [0.15, 0.2) is 11.5 Å². The van der Waals surface area contributed by atoms with Gasteiger partial charge >= 0.3 is 0 Å². The Balaban J connectivity index is 2.23. The van der Waals surface area contributed by atoms with Gasteiger partial charge in [0.05, 0.1) is 12.8 Å². The van der Waals surface area contributed by atoms with E-state index < -0.39 is 0 Å². The molecule has 1 N–H and O–H groups in total. The molecule has 0 aliphatic rings. The van der Waals surface area contributed by atoms with E-state index in [0.717, 1.165) is 17.0 Å². The largest absolute Gasteiger partial charge is 0.504 e. The number of rotatable bonds is 3. The van der Waals surface area contributed by atoms with Gasteiger partial charge in [-0.1, -0.05) is 18.2 Å². The Bertz CT molecular complexity index is 576. The normalized spacial score (nSPS) is 10.8. The van der Waals surface area contributed by atoms with E-state index in [4.69, 9.17) is 4.74 Å². The molecule has 0 aliphatic heterocycles. The van der Waals surface area contributed by atoms with Crippen molar-refractivity contribution in [2.45, 2.75) is 6.92 Å². The zero-order valence-electron chi connectivity index (χ0n) is 10.4. The van der Waals surface area contributed by atoms with Crippen LogP contribution in [0, 0.1) is 6.92 Å². The Labute approximate surface area is 106 Å². The topological polar surface area (TPSA) is 42.4 Å². The minimum atomic E-state index is 0.142. The van der Waals surface area contributed by atoms with Crippen molar-refractivity contribution in [3.8, 4) is 11.5 Å². The molecule has 0 aliphatic carbocycles. The number of pyridine rings is 1. The van der Waals surface area contributed by atoms with Crippen LogP contribution in [-0.2, 0) is 0 Å². The molecule has 18 heavy (non-hydrogen) atoms. The van der Waals surface area contributed by atoms with Crippen molar-refractivity contribution in [2.75, 3.05) is 7.11 Å². The van der Waals surface area contributed by atoms with E-state index in [1.807, 2.05) is 43.3 Å². The van der Waals surface area contributed by atoms with E-state index in [1.165, 1.54) is 7.11 Å². The van der Waals surface area contributed by atoms with Crippen LogP contribution >= 0.6 is 0 Å². The summed E-state index contributed by atoms with van der Waals surface area (Å²) in [6.07, 6.45) is 3.86. The van der Waals surface area contributed by atoms with E-state index in [2.05, 4.69) is 4.98 Å². The molecule has 1 aromatic carbocycles. The molecule has 0 bridgehead atoms. The fourth-order valence-corrected chi connectivity index (χ4v) is 1.64. The smallest absolute Gasteiger partial charge is 0.161 e. The fraction of sp³-hybridized carbons (Fsp3) is 0.133. The van der Waals surface area contributed by atoms with E-state index in [1.54, 1.807) is 12.1 Å². The first-order valence-electron chi connectivity index (χ1n) is 5.68. The molecule has 3 heteroatoms. The predicted octanol–water partition coefficient (Wildman–Crippen LogP) is 3.27. The third-order valence-corrected chi connectivity index (χ3v) is 2.56. The Morgan fingerprint density at radius 3 is 2.72 bits per heavy atom. The second-order valence-corrected chi connectivity index (χ2v) is 3.97. The number of aryl methyl sites for hydroxylation is 1. The first kappa shape index (κ1) is 12.2. The molecular weight excluding hydrogens is 226 g/mol. The first-order chi connectivity index (χ1) is 8.69. The number of aromatic hydroxyl groups is 1. The highest BCUT2D eigenvalue weighted by Gasteiger charge is 2.00. The average molecular weight is 241 g/mol. The molecule has 0 atom stereocenters. The second kappa shape index (κ2) is 5.36. The predicted molar refractivity (Wildman–Crippen MR) is 72.6 cm³/mol. The standard InChI is InChI=1S/C15H15NO2/c1-11-4-3-5-13(16-11)8-6-12-7-9-14(17)15(10-12)18-2/h3-10,17H,1-2H3. The average Bonchev–Trinajstić information content (AvgIpc) is 2.38. The molecule has 0 saturated carbocycles. The summed E-state index contributed by atoms with van der Waals surface area (Å²) in [5.74, 6) is 0.609. The van der Waals surface area contributed by atoms with Gasteiger partial charge in [-0.3, -0.25) is 4.98 Å². The van der Waals surface area contributed by atoms with Gasteiger partial charge in [0.25, 0.3) is 0 Å². The number of methoxy groups -OCH3 is 1. The van der Waals surface area contributed by atoms with Crippen molar-refractivity contribution < 1.29 is 9.84 Å². The Kier molecular flexibility index (Phi) is 3.63. The minimum Gasteiger partial charge on any atom is -0.504 e. The maximum Gasteiger partial charge on any atom is 0.161 e. The van der Waals surface area contributed by atoms with Gasteiger partial charge in [0, 0.05) is 5.69 Å². The quantitative estimate of drug-likeness (QED) is 0.896. The Morgan fingerprint density at radius 1 is 1.17 bits per heavy atom. The number of hydrogen-bond acceptors (Lipinski definition) is 3. The Morgan fingerprint density at radius 2 is 2.00 bits per heavy atom. The molecule has 0 saturated heterocycles. The maximum absolute atomic E-state index is 9.50. The van der Waals surface area contributed by atoms with Crippen LogP contribution in [0.5, 0.6) is 11.5 Å². The van der Waals surface area contributed by atoms with E-state index >= 15 is 0 Å². The third kappa shape index (κ3) is 2.88. The highest BCUT2D eigenvalue weighted by Crippen LogP contribution is 2.26. The summed E-state index contributed by atoms with van der Waals surface area (Å²) in [5.41, 5.74) is 2.84. The van der Waals surface area contributed by atoms with Crippen molar-refractivity contribution in [2.24, 2.45) is 0 Å². The minimum absolute atomic E-state index is 0.142. The number of phenolic OH excluding ortho intramolecular Hbond substituents is 1. The summed E-state index contributed by atoms with van der Waals surface area (Å²) in [7, 11) is 1.53. The van der Waals surface area contributed by atoms with Gasteiger partial charge in [-0.15, -0.1) is 0 Å². The highest BCUT2D eigenvalue weighted by atomic mass is 16.5. The van der Waals surface area contributed by atoms with Crippen molar-refractivity contribution in [3.05, 3.63) is 53.3 Å². The monoisotopic (exact) mass is 241 g/mol. The van der Waals surface area contributed by atoms with E-state index in [0.29, 0.717) is 5.75 Å². The molecule has 1 heterocycles. The summed E-state index contributed by atoms with van der Waals surface area (Å²) in [6.45, 7) is 1.96. The van der Waals surface area contributed by atoms with Gasteiger partial charge < -0.3 is 9.84 Å². The summed E-state index contributed by atoms with van der Waals surface area (Å²) in [6, 6.07) is 11.1. The summed E-state index contributed by atoms with van der Waals surface area (Å²) < 4.78 is 5.06. The SMILES string of the molecule is COc1cc(C=Cc2cccc(C)n2)ccc1O. The molecule has 0 fully saturated rings. The molecule has 0 amide bonds. The van der Waals surface area contributed by atoms with E-state index in [-0.39, 0.29) is 5.75 Å². The fourth-order valence-electron chi connectivity index (χ4n) is 1.64. The number of hydrogen-bond donors (Lipinski definition) is 1. The summed E-state index contributed by atoms with van der Waals surface area (Å²) in [4.78, 5) is 4.38. The lowest BCUT2D eigenvalue weighted by atomic mass is 10.1. The zero-order chi connectivity index (χ0) is 13.0.